The number of rotatable bonds is 1. The van der Waals surface area contributed by atoms with E-state index in [2.05, 4.69) is 15.9 Å². The van der Waals surface area contributed by atoms with Crippen LogP contribution in [0.1, 0.15) is 32.8 Å². The Morgan fingerprint density at radius 3 is 2.75 bits per heavy atom. The third kappa shape index (κ3) is 3.49. The van der Waals surface area contributed by atoms with Crippen molar-refractivity contribution >= 4 is 27.6 Å². The maximum Gasteiger partial charge on any atom is 0.411 e. The molecule has 2 atom stereocenters. The molecular formula is C18H21BrFNO3. The first-order valence-corrected chi connectivity index (χ1v) is 8.80. The number of benzene rings is 1. The summed E-state index contributed by atoms with van der Waals surface area (Å²) in [6.45, 7) is 6.36. The van der Waals surface area contributed by atoms with E-state index in [1.165, 1.54) is 6.07 Å². The summed E-state index contributed by atoms with van der Waals surface area (Å²) < 4.78 is 26.1. The van der Waals surface area contributed by atoms with Gasteiger partial charge in [-0.05, 0) is 44.9 Å². The van der Waals surface area contributed by atoms with E-state index in [0.29, 0.717) is 25.2 Å². The fraction of sp³-hybridized carbons (Fsp3) is 0.500. The SMILES string of the molecule is CC(C)(C)OC(=O)N1C2C=C(c3c(F)cccc3Br)CC1COC2. The van der Waals surface area contributed by atoms with Crippen LogP contribution in [0.5, 0.6) is 0 Å². The van der Waals surface area contributed by atoms with Crippen LogP contribution in [0, 0.1) is 5.82 Å². The van der Waals surface area contributed by atoms with Crippen molar-refractivity contribution in [3.05, 3.63) is 40.1 Å². The molecule has 24 heavy (non-hydrogen) atoms. The molecule has 1 amide bonds. The Labute approximate surface area is 149 Å². The van der Waals surface area contributed by atoms with Gasteiger partial charge < -0.3 is 9.47 Å². The van der Waals surface area contributed by atoms with Crippen LogP contribution in [0.3, 0.4) is 0 Å². The zero-order valence-corrected chi connectivity index (χ0v) is 15.6. The lowest BCUT2D eigenvalue weighted by Gasteiger charge is -2.44. The molecule has 2 aliphatic heterocycles. The van der Waals surface area contributed by atoms with Crippen molar-refractivity contribution in [1.82, 2.24) is 4.90 Å². The summed E-state index contributed by atoms with van der Waals surface area (Å²) in [4.78, 5) is 14.3. The molecular weight excluding hydrogens is 377 g/mol. The molecule has 1 aromatic rings. The molecule has 2 unspecified atom stereocenters. The normalized spacial score (nSPS) is 23.7. The van der Waals surface area contributed by atoms with Crippen LogP contribution in [0.4, 0.5) is 9.18 Å². The van der Waals surface area contributed by atoms with Crippen LogP contribution < -0.4 is 0 Å². The second-order valence-electron chi connectivity index (χ2n) is 7.14. The Morgan fingerprint density at radius 2 is 2.12 bits per heavy atom. The average Bonchev–Trinajstić information content (AvgIpc) is 2.44. The first-order chi connectivity index (χ1) is 11.3. The van der Waals surface area contributed by atoms with E-state index in [-0.39, 0.29) is 24.0 Å². The number of nitrogens with zero attached hydrogens (tertiary/aromatic N) is 1. The molecule has 4 nitrogen and oxygen atoms in total. The molecule has 2 bridgehead atoms. The lowest BCUT2D eigenvalue weighted by atomic mass is 9.90. The highest BCUT2D eigenvalue weighted by Gasteiger charge is 2.40. The second kappa shape index (κ2) is 6.48. The molecule has 6 heteroatoms. The van der Waals surface area contributed by atoms with Crippen molar-refractivity contribution in [3.8, 4) is 0 Å². The van der Waals surface area contributed by atoms with Gasteiger partial charge in [0.05, 0.1) is 25.3 Å². The van der Waals surface area contributed by atoms with Crippen LogP contribution in [0.25, 0.3) is 5.57 Å². The third-order valence-electron chi connectivity index (χ3n) is 4.09. The summed E-state index contributed by atoms with van der Waals surface area (Å²) in [5.41, 5.74) is 0.918. The fourth-order valence-electron chi connectivity index (χ4n) is 3.19. The second-order valence-corrected chi connectivity index (χ2v) is 7.99. The molecule has 2 heterocycles. The number of hydrogen-bond acceptors (Lipinski definition) is 3. The number of carbonyl (C=O) groups is 1. The summed E-state index contributed by atoms with van der Waals surface area (Å²) in [6, 6.07) is 4.56. The number of carbonyl (C=O) groups excluding carboxylic acids is 1. The van der Waals surface area contributed by atoms with E-state index >= 15 is 0 Å². The summed E-state index contributed by atoms with van der Waals surface area (Å²) in [6.07, 6.45) is 2.11. The highest BCUT2D eigenvalue weighted by atomic mass is 79.9. The first kappa shape index (κ1) is 17.4. The maximum absolute atomic E-state index is 14.3. The standard InChI is InChI=1S/C18H21BrFNO3/c1-18(2,3)24-17(22)21-12-7-11(8-13(21)10-23-9-12)16-14(19)5-4-6-15(16)20/h4-7,12-13H,8-10H2,1-3H3. The van der Waals surface area contributed by atoms with Gasteiger partial charge in [-0.3, -0.25) is 4.90 Å². The molecule has 1 saturated heterocycles. The molecule has 1 aromatic carbocycles. The zero-order valence-electron chi connectivity index (χ0n) is 14.0. The van der Waals surface area contributed by atoms with Gasteiger partial charge in [-0.1, -0.05) is 28.1 Å². The Morgan fingerprint density at radius 1 is 1.38 bits per heavy atom. The Hall–Kier alpha value is -1.40. The fourth-order valence-corrected chi connectivity index (χ4v) is 3.78. The summed E-state index contributed by atoms with van der Waals surface area (Å²) in [5, 5.41) is 0. The first-order valence-electron chi connectivity index (χ1n) is 8.00. The molecule has 1 fully saturated rings. The van der Waals surface area contributed by atoms with Crippen LogP contribution in [-0.2, 0) is 9.47 Å². The monoisotopic (exact) mass is 397 g/mol. The van der Waals surface area contributed by atoms with Crippen molar-refractivity contribution in [2.45, 2.75) is 44.9 Å². The summed E-state index contributed by atoms with van der Waals surface area (Å²) in [7, 11) is 0. The Kier molecular flexibility index (Phi) is 4.71. The minimum Gasteiger partial charge on any atom is -0.444 e. The molecule has 0 spiro atoms. The van der Waals surface area contributed by atoms with Crippen molar-refractivity contribution in [2.24, 2.45) is 0 Å². The van der Waals surface area contributed by atoms with Gasteiger partial charge in [-0.25, -0.2) is 9.18 Å². The van der Waals surface area contributed by atoms with E-state index in [9.17, 15) is 9.18 Å². The van der Waals surface area contributed by atoms with Gasteiger partial charge in [0.15, 0.2) is 0 Å². The van der Waals surface area contributed by atoms with Crippen LogP contribution in [-0.4, -0.2) is 41.9 Å². The van der Waals surface area contributed by atoms with E-state index in [0.717, 1.165) is 10.0 Å². The highest BCUT2D eigenvalue weighted by molar-refractivity contribution is 9.10. The lowest BCUT2D eigenvalue weighted by Crippen LogP contribution is -2.57. The molecule has 0 N–H and O–H groups in total. The molecule has 0 radical (unpaired) electrons. The van der Waals surface area contributed by atoms with Gasteiger partial charge in [-0.2, -0.15) is 0 Å². The van der Waals surface area contributed by atoms with E-state index in [4.69, 9.17) is 9.47 Å². The molecule has 0 aromatic heterocycles. The lowest BCUT2D eigenvalue weighted by molar-refractivity contribution is -0.0510. The predicted octanol–water partition coefficient (Wildman–Crippen LogP) is 4.38. The van der Waals surface area contributed by atoms with Gasteiger partial charge in [0, 0.05) is 10.0 Å². The quantitative estimate of drug-likeness (QED) is 0.705. The number of halogens is 2. The van der Waals surface area contributed by atoms with Crippen LogP contribution >= 0.6 is 15.9 Å². The summed E-state index contributed by atoms with van der Waals surface area (Å²) >= 11 is 3.43. The third-order valence-corrected chi connectivity index (χ3v) is 4.75. The minimum atomic E-state index is -0.551. The van der Waals surface area contributed by atoms with Crippen molar-refractivity contribution in [1.29, 1.82) is 0 Å². The topological polar surface area (TPSA) is 38.8 Å². The van der Waals surface area contributed by atoms with E-state index < -0.39 is 5.60 Å². The summed E-state index contributed by atoms with van der Waals surface area (Å²) in [5.74, 6) is -0.264. The molecule has 2 aliphatic rings. The van der Waals surface area contributed by atoms with Gasteiger partial charge >= 0.3 is 6.09 Å². The number of ether oxygens (including phenoxy) is 2. The predicted molar refractivity (Wildman–Crippen MR) is 93.2 cm³/mol. The van der Waals surface area contributed by atoms with Crippen molar-refractivity contribution < 1.29 is 18.7 Å². The number of amides is 1. The van der Waals surface area contributed by atoms with Crippen molar-refractivity contribution in [3.63, 3.8) is 0 Å². The molecule has 0 aliphatic carbocycles. The maximum atomic E-state index is 14.3. The zero-order chi connectivity index (χ0) is 17.5. The van der Waals surface area contributed by atoms with Crippen LogP contribution in [0.2, 0.25) is 0 Å². The Balaban J connectivity index is 1.92. The molecule has 3 rings (SSSR count). The van der Waals surface area contributed by atoms with Gasteiger partial charge in [0.25, 0.3) is 0 Å². The number of morpholine rings is 1. The number of hydrogen-bond donors (Lipinski definition) is 0. The average molecular weight is 398 g/mol. The van der Waals surface area contributed by atoms with E-state index in [1.807, 2.05) is 32.9 Å². The van der Waals surface area contributed by atoms with Crippen LogP contribution in [0.15, 0.2) is 28.7 Å². The molecule has 130 valence electrons. The van der Waals surface area contributed by atoms with Crippen molar-refractivity contribution in [2.75, 3.05) is 13.2 Å². The van der Waals surface area contributed by atoms with Gasteiger partial charge in [0.2, 0.25) is 0 Å². The Bertz CT molecular complexity index is 663. The smallest absolute Gasteiger partial charge is 0.411 e. The van der Waals surface area contributed by atoms with Gasteiger partial charge in [-0.15, -0.1) is 0 Å². The number of fused-ring (bicyclic) bond motifs is 2. The largest absolute Gasteiger partial charge is 0.444 e. The molecule has 0 saturated carbocycles. The minimum absolute atomic E-state index is 0.148. The van der Waals surface area contributed by atoms with E-state index in [1.54, 1.807) is 11.0 Å². The van der Waals surface area contributed by atoms with Gasteiger partial charge in [0.1, 0.15) is 11.4 Å². The highest BCUT2D eigenvalue weighted by Crippen LogP contribution is 2.37.